The van der Waals surface area contributed by atoms with Gasteiger partial charge in [0.1, 0.15) is 0 Å². The molecule has 3 nitrogen and oxygen atoms in total. The topological polar surface area (TPSA) is 46.5 Å². The van der Waals surface area contributed by atoms with Gasteiger partial charge >= 0.3 is 5.97 Å². The summed E-state index contributed by atoms with van der Waals surface area (Å²) in [5.41, 5.74) is 0.900. The van der Waals surface area contributed by atoms with E-state index in [4.69, 9.17) is 0 Å². The van der Waals surface area contributed by atoms with Gasteiger partial charge in [0, 0.05) is 10.9 Å². The summed E-state index contributed by atoms with van der Waals surface area (Å²) < 4.78 is 5.51. The summed E-state index contributed by atoms with van der Waals surface area (Å²) in [7, 11) is 1.39. The standard InChI is InChI=1S/C13H17BrO3/c1-17-13(16)8-3-2-7-12(15)10-5-4-6-11(14)9-10/h4-6,9,12,15H,2-3,7-8H2,1H3. The Hall–Kier alpha value is -0.870. The Kier molecular flexibility index (Phi) is 6.22. The molecule has 1 aromatic carbocycles. The normalized spacial score (nSPS) is 12.2. The maximum Gasteiger partial charge on any atom is 0.305 e. The molecule has 4 heteroatoms. The van der Waals surface area contributed by atoms with Crippen LogP contribution in [0.15, 0.2) is 28.7 Å². The van der Waals surface area contributed by atoms with Crippen LogP contribution < -0.4 is 0 Å². The Morgan fingerprint density at radius 3 is 2.88 bits per heavy atom. The van der Waals surface area contributed by atoms with E-state index in [1.807, 2.05) is 24.3 Å². The van der Waals surface area contributed by atoms with Gasteiger partial charge in [-0.25, -0.2) is 0 Å². The van der Waals surface area contributed by atoms with E-state index in [0.29, 0.717) is 12.8 Å². The SMILES string of the molecule is COC(=O)CCCCC(O)c1cccc(Br)c1. The van der Waals surface area contributed by atoms with E-state index in [1.54, 1.807) is 0 Å². The van der Waals surface area contributed by atoms with Gasteiger partial charge in [-0.2, -0.15) is 0 Å². The van der Waals surface area contributed by atoms with E-state index in [9.17, 15) is 9.90 Å². The van der Waals surface area contributed by atoms with Crippen molar-refractivity contribution in [2.45, 2.75) is 31.8 Å². The molecule has 0 aliphatic carbocycles. The maximum absolute atomic E-state index is 10.9. The van der Waals surface area contributed by atoms with Gasteiger partial charge in [-0.1, -0.05) is 28.1 Å². The number of methoxy groups -OCH3 is 1. The molecule has 94 valence electrons. The van der Waals surface area contributed by atoms with Gasteiger partial charge in [0.15, 0.2) is 0 Å². The first-order valence-corrected chi connectivity index (χ1v) is 6.43. The van der Waals surface area contributed by atoms with Crippen LogP contribution in [0.1, 0.15) is 37.4 Å². The first-order chi connectivity index (χ1) is 8.13. The van der Waals surface area contributed by atoms with E-state index < -0.39 is 6.10 Å². The van der Waals surface area contributed by atoms with Crippen LogP contribution in [0.25, 0.3) is 0 Å². The van der Waals surface area contributed by atoms with E-state index in [0.717, 1.165) is 22.9 Å². The molecule has 0 amide bonds. The van der Waals surface area contributed by atoms with E-state index in [1.165, 1.54) is 7.11 Å². The van der Waals surface area contributed by atoms with Gasteiger partial charge in [-0.3, -0.25) is 4.79 Å². The number of hydrogen-bond acceptors (Lipinski definition) is 3. The minimum Gasteiger partial charge on any atom is -0.469 e. The summed E-state index contributed by atoms with van der Waals surface area (Å²) in [4.78, 5) is 10.9. The van der Waals surface area contributed by atoms with Crippen molar-refractivity contribution in [3.05, 3.63) is 34.3 Å². The smallest absolute Gasteiger partial charge is 0.305 e. The third-order valence-corrected chi connectivity index (χ3v) is 3.06. The number of aliphatic hydroxyl groups excluding tert-OH is 1. The molecule has 0 fully saturated rings. The highest BCUT2D eigenvalue weighted by Gasteiger charge is 2.08. The van der Waals surface area contributed by atoms with Gasteiger partial charge in [0.05, 0.1) is 13.2 Å². The fraction of sp³-hybridized carbons (Fsp3) is 0.462. The van der Waals surface area contributed by atoms with Crippen LogP contribution in [-0.2, 0) is 9.53 Å². The molecular formula is C13H17BrO3. The second-order valence-electron chi connectivity index (χ2n) is 3.89. The lowest BCUT2D eigenvalue weighted by Crippen LogP contribution is -2.01. The van der Waals surface area contributed by atoms with Gasteiger partial charge < -0.3 is 9.84 Å². The molecule has 0 saturated heterocycles. The second-order valence-corrected chi connectivity index (χ2v) is 4.81. The Morgan fingerprint density at radius 1 is 1.47 bits per heavy atom. The van der Waals surface area contributed by atoms with Crippen LogP contribution in [-0.4, -0.2) is 18.2 Å². The highest BCUT2D eigenvalue weighted by molar-refractivity contribution is 9.10. The molecule has 0 aliphatic rings. The molecule has 0 radical (unpaired) electrons. The highest BCUT2D eigenvalue weighted by Crippen LogP contribution is 2.22. The monoisotopic (exact) mass is 300 g/mol. The van der Waals surface area contributed by atoms with Gasteiger partial charge in [0.25, 0.3) is 0 Å². The quantitative estimate of drug-likeness (QED) is 0.648. The molecule has 0 heterocycles. The number of halogens is 1. The molecule has 1 rings (SSSR count). The third kappa shape index (κ3) is 5.33. The Balaban J connectivity index is 2.30. The molecule has 0 spiro atoms. The summed E-state index contributed by atoms with van der Waals surface area (Å²) in [5, 5.41) is 9.93. The van der Waals surface area contributed by atoms with Crippen molar-refractivity contribution in [3.63, 3.8) is 0 Å². The first kappa shape index (κ1) is 14.2. The molecule has 1 atom stereocenters. The fourth-order valence-corrected chi connectivity index (χ4v) is 2.01. The van der Waals surface area contributed by atoms with Crippen molar-refractivity contribution < 1.29 is 14.6 Å². The molecule has 0 bridgehead atoms. The molecule has 17 heavy (non-hydrogen) atoms. The van der Waals surface area contributed by atoms with Crippen LogP contribution in [0.2, 0.25) is 0 Å². The van der Waals surface area contributed by atoms with Crippen molar-refractivity contribution >= 4 is 21.9 Å². The lowest BCUT2D eigenvalue weighted by Gasteiger charge is -2.10. The zero-order valence-corrected chi connectivity index (χ0v) is 11.4. The minimum absolute atomic E-state index is 0.193. The number of aliphatic hydroxyl groups is 1. The second kappa shape index (κ2) is 7.45. The maximum atomic E-state index is 10.9. The molecule has 0 saturated carbocycles. The molecule has 0 aliphatic heterocycles. The lowest BCUT2D eigenvalue weighted by atomic mass is 10.0. The van der Waals surface area contributed by atoms with Crippen LogP contribution >= 0.6 is 15.9 Å². The summed E-state index contributed by atoms with van der Waals surface area (Å²) in [6.45, 7) is 0. The van der Waals surface area contributed by atoms with Crippen molar-refractivity contribution in [2.75, 3.05) is 7.11 Å². The lowest BCUT2D eigenvalue weighted by molar-refractivity contribution is -0.140. The molecule has 1 aromatic rings. The van der Waals surface area contributed by atoms with Crippen LogP contribution in [0, 0.1) is 0 Å². The highest BCUT2D eigenvalue weighted by atomic mass is 79.9. The number of carbonyl (C=O) groups excluding carboxylic acids is 1. The van der Waals surface area contributed by atoms with Gasteiger partial charge in [-0.15, -0.1) is 0 Å². The summed E-state index contributed by atoms with van der Waals surface area (Å²) >= 11 is 3.37. The average molecular weight is 301 g/mol. The number of unbranched alkanes of at least 4 members (excludes halogenated alkanes) is 1. The van der Waals surface area contributed by atoms with Crippen molar-refractivity contribution in [1.29, 1.82) is 0 Å². The number of ether oxygens (including phenoxy) is 1. The predicted octanol–water partition coefficient (Wildman–Crippen LogP) is 3.22. The van der Waals surface area contributed by atoms with Gasteiger partial charge in [-0.05, 0) is 37.0 Å². The minimum atomic E-state index is -0.467. The number of hydrogen-bond donors (Lipinski definition) is 1. The van der Waals surface area contributed by atoms with Crippen molar-refractivity contribution in [3.8, 4) is 0 Å². The van der Waals surface area contributed by atoms with E-state index >= 15 is 0 Å². The fourth-order valence-electron chi connectivity index (χ4n) is 1.59. The largest absolute Gasteiger partial charge is 0.469 e. The molecule has 0 aromatic heterocycles. The molecule has 1 unspecified atom stereocenters. The third-order valence-electron chi connectivity index (χ3n) is 2.57. The predicted molar refractivity (Wildman–Crippen MR) is 69.6 cm³/mol. The van der Waals surface area contributed by atoms with Gasteiger partial charge in [0.2, 0.25) is 0 Å². The van der Waals surface area contributed by atoms with Crippen LogP contribution in [0.4, 0.5) is 0 Å². The number of carbonyl (C=O) groups is 1. The average Bonchev–Trinajstić information content (AvgIpc) is 2.34. The zero-order chi connectivity index (χ0) is 12.7. The van der Waals surface area contributed by atoms with E-state index in [-0.39, 0.29) is 5.97 Å². The number of benzene rings is 1. The summed E-state index contributed by atoms with van der Waals surface area (Å²) in [6.07, 6.45) is 2.17. The van der Waals surface area contributed by atoms with Crippen LogP contribution in [0.5, 0.6) is 0 Å². The number of rotatable bonds is 6. The first-order valence-electron chi connectivity index (χ1n) is 5.64. The summed E-state index contributed by atoms with van der Waals surface area (Å²) in [5.74, 6) is -0.193. The van der Waals surface area contributed by atoms with E-state index in [2.05, 4.69) is 20.7 Å². The Labute approximate surface area is 110 Å². The number of esters is 1. The zero-order valence-electron chi connectivity index (χ0n) is 9.86. The Bertz CT molecular complexity index is 365. The molecular weight excluding hydrogens is 284 g/mol. The Morgan fingerprint density at radius 2 is 2.24 bits per heavy atom. The van der Waals surface area contributed by atoms with Crippen LogP contribution in [0.3, 0.4) is 0 Å². The van der Waals surface area contributed by atoms with Crippen molar-refractivity contribution in [2.24, 2.45) is 0 Å². The summed E-state index contributed by atoms with van der Waals surface area (Å²) in [6, 6.07) is 7.63. The molecule has 1 N–H and O–H groups in total. The van der Waals surface area contributed by atoms with Crippen molar-refractivity contribution in [1.82, 2.24) is 0 Å².